The van der Waals surface area contributed by atoms with Gasteiger partial charge in [-0.1, -0.05) is 0 Å². The quantitative estimate of drug-likeness (QED) is 0.927. The van der Waals surface area contributed by atoms with E-state index in [0.717, 1.165) is 0 Å². The van der Waals surface area contributed by atoms with E-state index in [4.69, 9.17) is 9.47 Å². The second kappa shape index (κ2) is 5.79. The van der Waals surface area contributed by atoms with Crippen molar-refractivity contribution in [3.05, 3.63) is 23.8 Å². The molecule has 0 bridgehead atoms. The van der Waals surface area contributed by atoms with Gasteiger partial charge in [-0.15, -0.1) is 0 Å². The smallest absolute Gasteiger partial charge is 0.391 e. The highest BCUT2D eigenvalue weighted by atomic mass is 19.4. The molecule has 0 saturated carbocycles. The van der Waals surface area contributed by atoms with Crippen LogP contribution in [0.3, 0.4) is 0 Å². The number of carbonyl (C=O) groups excluding carboxylic acids is 1. The van der Waals surface area contributed by atoms with Crippen LogP contribution in [0.5, 0.6) is 11.5 Å². The van der Waals surface area contributed by atoms with Crippen LogP contribution in [0.2, 0.25) is 0 Å². The number of aliphatic hydroxyl groups excluding tert-OH is 1. The van der Waals surface area contributed by atoms with Gasteiger partial charge in [0.1, 0.15) is 23.7 Å². The van der Waals surface area contributed by atoms with Crippen molar-refractivity contribution in [2.45, 2.75) is 44.6 Å². The van der Waals surface area contributed by atoms with Crippen LogP contribution < -0.4 is 9.47 Å². The van der Waals surface area contributed by atoms with E-state index in [1.54, 1.807) is 13.8 Å². The van der Waals surface area contributed by atoms with E-state index in [0.29, 0.717) is 11.3 Å². The average molecular weight is 318 g/mol. The van der Waals surface area contributed by atoms with Crippen molar-refractivity contribution in [3.8, 4) is 11.5 Å². The molecule has 1 aromatic rings. The molecule has 0 saturated heterocycles. The molecule has 4 nitrogen and oxygen atoms in total. The van der Waals surface area contributed by atoms with Gasteiger partial charge in [-0.2, -0.15) is 13.2 Å². The molecule has 1 aliphatic rings. The molecule has 1 aliphatic heterocycles. The molecule has 22 heavy (non-hydrogen) atoms. The Hall–Kier alpha value is -1.76. The lowest BCUT2D eigenvalue weighted by molar-refractivity contribution is -0.156. The first-order valence-corrected chi connectivity index (χ1v) is 6.80. The molecular weight excluding hydrogens is 301 g/mol. The van der Waals surface area contributed by atoms with Crippen LogP contribution in [0.15, 0.2) is 18.2 Å². The van der Waals surface area contributed by atoms with Gasteiger partial charge in [-0.3, -0.25) is 4.79 Å². The second-order valence-corrected chi connectivity index (χ2v) is 5.90. The Morgan fingerprint density at radius 1 is 1.41 bits per heavy atom. The number of halogens is 3. The molecule has 1 N–H and O–H groups in total. The van der Waals surface area contributed by atoms with Crippen molar-refractivity contribution in [3.63, 3.8) is 0 Å². The van der Waals surface area contributed by atoms with E-state index in [2.05, 4.69) is 0 Å². The molecule has 0 fully saturated rings. The van der Waals surface area contributed by atoms with Crippen molar-refractivity contribution in [1.82, 2.24) is 0 Å². The Balaban J connectivity index is 2.04. The number of aliphatic hydroxyl groups is 1. The number of rotatable bonds is 4. The summed E-state index contributed by atoms with van der Waals surface area (Å²) in [6.07, 6.45) is -7.17. The molecule has 1 atom stereocenters. The van der Waals surface area contributed by atoms with Gasteiger partial charge < -0.3 is 14.6 Å². The van der Waals surface area contributed by atoms with E-state index in [9.17, 15) is 23.1 Å². The van der Waals surface area contributed by atoms with Crippen molar-refractivity contribution >= 4 is 5.78 Å². The van der Waals surface area contributed by atoms with Gasteiger partial charge in [0.25, 0.3) is 0 Å². The zero-order valence-corrected chi connectivity index (χ0v) is 12.2. The number of hydrogen-bond donors (Lipinski definition) is 1. The zero-order valence-electron chi connectivity index (χ0n) is 12.2. The largest absolute Gasteiger partial charge is 0.491 e. The Bertz CT molecular complexity index is 566. The SMILES string of the molecule is CC1(C)CC(=O)c2ccc(OC[C@H](O)CC(F)(F)F)cc2O1. The third kappa shape index (κ3) is 4.37. The third-order valence-corrected chi connectivity index (χ3v) is 3.14. The van der Waals surface area contributed by atoms with E-state index in [1.165, 1.54) is 18.2 Å². The molecule has 1 heterocycles. The van der Waals surface area contributed by atoms with Gasteiger partial charge in [0.15, 0.2) is 5.78 Å². The fraction of sp³-hybridized carbons (Fsp3) is 0.533. The van der Waals surface area contributed by atoms with E-state index in [-0.39, 0.29) is 18.0 Å². The second-order valence-electron chi connectivity index (χ2n) is 5.90. The highest BCUT2D eigenvalue weighted by Crippen LogP contribution is 2.35. The Morgan fingerprint density at radius 3 is 2.73 bits per heavy atom. The summed E-state index contributed by atoms with van der Waals surface area (Å²) in [5.41, 5.74) is -0.221. The molecule has 0 spiro atoms. The maximum atomic E-state index is 12.1. The summed E-state index contributed by atoms with van der Waals surface area (Å²) in [7, 11) is 0. The van der Waals surface area contributed by atoms with Crippen molar-refractivity contribution in [2.24, 2.45) is 0 Å². The van der Waals surface area contributed by atoms with Crippen LogP contribution in [-0.2, 0) is 0 Å². The molecule has 0 aromatic heterocycles. The summed E-state index contributed by atoms with van der Waals surface area (Å²) in [6.45, 7) is 3.05. The molecule has 0 amide bonds. The summed E-state index contributed by atoms with van der Waals surface area (Å²) in [5, 5.41) is 9.28. The van der Waals surface area contributed by atoms with Gasteiger partial charge in [-0.05, 0) is 26.0 Å². The summed E-state index contributed by atoms with van der Waals surface area (Å²) >= 11 is 0. The Morgan fingerprint density at radius 2 is 2.09 bits per heavy atom. The lowest BCUT2D eigenvalue weighted by Gasteiger charge is -2.31. The first-order valence-electron chi connectivity index (χ1n) is 6.80. The average Bonchev–Trinajstić information content (AvgIpc) is 2.32. The number of benzene rings is 1. The molecular formula is C15H17F3O4. The minimum Gasteiger partial charge on any atom is -0.491 e. The van der Waals surface area contributed by atoms with Crippen LogP contribution in [0, 0.1) is 0 Å². The van der Waals surface area contributed by atoms with E-state index in [1.807, 2.05) is 0 Å². The number of fused-ring (bicyclic) bond motifs is 1. The summed E-state index contributed by atoms with van der Waals surface area (Å²) in [6, 6.07) is 4.44. The van der Waals surface area contributed by atoms with E-state index >= 15 is 0 Å². The molecule has 0 unspecified atom stereocenters. The molecule has 7 heteroatoms. The number of ether oxygens (including phenoxy) is 2. The fourth-order valence-electron chi connectivity index (χ4n) is 2.24. The van der Waals surface area contributed by atoms with Gasteiger partial charge >= 0.3 is 6.18 Å². The van der Waals surface area contributed by atoms with Crippen LogP contribution in [0.1, 0.15) is 37.0 Å². The lowest BCUT2D eigenvalue weighted by Crippen LogP contribution is -2.35. The number of carbonyl (C=O) groups is 1. The predicted octanol–water partition coefficient (Wildman–Crippen LogP) is 3.12. The number of ketones is 1. The number of alkyl halides is 3. The minimum atomic E-state index is -4.45. The van der Waals surface area contributed by atoms with Crippen LogP contribution in [0.4, 0.5) is 13.2 Å². The van der Waals surface area contributed by atoms with Crippen LogP contribution in [-0.4, -0.2) is 35.4 Å². The van der Waals surface area contributed by atoms with Gasteiger partial charge in [0, 0.05) is 6.07 Å². The zero-order chi connectivity index (χ0) is 16.5. The molecule has 1 aromatic carbocycles. The molecule has 0 radical (unpaired) electrons. The standard InChI is InChI=1S/C15H17F3O4/c1-14(2)7-12(20)11-4-3-10(5-13(11)22-14)21-8-9(19)6-15(16,17)18/h3-5,9,19H,6-8H2,1-2H3/t9-/m1/s1. The molecule has 0 aliphatic carbocycles. The van der Waals surface area contributed by atoms with Crippen molar-refractivity contribution < 1.29 is 32.5 Å². The lowest BCUT2D eigenvalue weighted by atomic mass is 9.93. The minimum absolute atomic E-state index is 0.0603. The summed E-state index contributed by atoms with van der Waals surface area (Å²) in [5.74, 6) is 0.518. The fourth-order valence-corrected chi connectivity index (χ4v) is 2.24. The van der Waals surface area contributed by atoms with Gasteiger partial charge in [0.2, 0.25) is 0 Å². The van der Waals surface area contributed by atoms with Crippen molar-refractivity contribution in [2.75, 3.05) is 6.61 Å². The predicted molar refractivity (Wildman–Crippen MR) is 72.3 cm³/mol. The van der Waals surface area contributed by atoms with Crippen molar-refractivity contribution in [1.29, 1.82) is 0 Å². The molecule has 2 rings (SSSR count). The Kier molecular flexibility index (Phi) is 4.37. The first kappa shape index (κ1) is 16.6. The van der Waals surface area contributed by atoms with Crippen LogP contribution >= 0.6 is 0 Å². The topological polar surface area (TPSA) is 55.8 Å². The van der Waals surface area contributed by atoms with Gasteiger partial charge in [0.05, 0.1) is 24.5 Å². The number of Topliss-reactive ketones (excluding diaryl/α,β-unsaturated/α-hetero) is 1. The Labute approximate surface area is 125 Å². The molecule has 122 valence electrons. The highest BCUT2D eigenvalue weighted by Gasteiger charge is 2.33. The third-order valence-electron chi connectivity index (χ3n) is 3.14. The highest BCUT2D eigenvalue weighted by molar-refractivity contribution is 6.00. The first-order chi connectivity index (χ1) is 10.1. The van der Waals surface area contributed by atoms with E-state index < -0.39 is 30.9 Å². The monoisotopic (exact) mass is 318 g/mol. The summed E-state index contributed by atoms with van der Waals surface area (Å²) in [4.78, 5) is 11.9. The normalized spacial score (nSPS) is 18.4. The van der Waals surface area contributed by atoms with Crippen LogP contribution in [0.25, 0.3) is 0 Å². The summed E-state index contributed by atoms with van der Waals surface area (Å²) < 4.78 is 47.2. The van der Waals surface area contributed by atoms with Gasteiger partial charge in [-0.25, -0.2) is 0 Å². The number of hydrogen-bond acceptors (Lipinski definition) is 4. The maximum Gasteiger partial charge on any atom is 0.391 e. The maximum absolute atomic E-state index is 12.1.